The largest absolute Gasteiger partial charge is 0.454 e. The third kappa shape index (κ3) is 3.80. The second-order valence-corrected chi connectivity index (χ2v) is 6.68. The van der Waals surface area contributed by atoms with E-state index in [-0.39, 0.29) is 12.7 Å². The van der Waals surface area contributed by atoms with Gasteiger partial charge < -0.3 is 19.1 Å². The summed E-state index contributed by atoms with van der Waals surface area (Å²) in [4.78, 5) is 16.9. The molecule has 2 fully saturated rings. The first-order chi connectivity index (χ1) is 12.3. The molecule has 25 heavy (non-hydrogen) atoms. The van der Waals surface area contributed by atoms with Gasteiger partial charge in [0, 0.05) is 44.9 Å². The van der Waals surface area contributed by atoms with Crippen LogP contribution in [0, 0.1) is 0 Å². The minimum absolute atomic E-state index is 0.0715. The fourth-order valence-corrected chi connectivity index (χ4v) is 3.62. The molecule has 1 aromatic carbocycles. The Morgan fingerprint density at radius 3 is 2.92 bits per heavy atom. The van der Waals surface area contributed by atoms with Crippen LogP contribution >= 0.6 is 0 Å². The average molecular weight is 344 g/mol. The predicted molar refractivity (Wildman–Crippen MR) is 93.6 cm³/mol. The molecule has 0 spiro atoms. The fourth-order valence-electron chi connectivity index (χ4n) is 3.62. The molecule has 1 amide bonds. The minimum Gasteiger partial charge on any atom is -0.454 e. The SMILES string of the molecule is O=C(C=Cc1ccc2c(c1)OCO2)N1CCCN(C2CCOC2)CC1. The van der Waals surface area contributed by atoms with Crippen LogP contribution in [0.15, 0.2) is 24.3 Å². The molecular formula is C19H24N2O4. The quantitative estimate of drug-likeness (QED) is 0.782. The molecule has 3 heterocycles. The average Bonchev–Trinajstić information content (AvgIpc) is 3.27. The lowest BCUT2D eigenvalue weighted by molar-refractivity contribution is -0.125. The number of hydrogen-bond donors (Lipinski definition) is 0. The van der Waals surface area contributed by atoms with E-state index in [1.54, 1.807) is 6.08 Å². The van der Waals surface area contributed by atoms with Gasteiger partial charge in [-0.25, -0.2) is 0 Å². The molecule has 0 aromatic heterocycles. The van der Waals surface area contributed by atoms with Gasteiger partial charge in [-0.3, -0.25) is 9.69 Å². The number of carbonyl (C=O) groups is 1. The Balaban J connectivity index is 1.34. The Morgan fingerprint density at radius 1 is 1.12 bits per heavy atom. The Hall–Kier alpha value is -2.05. The number of hydrogen-bond acceptors (Lipinski definition) is 5. The molecule has 134 valence electrons. The molecule has 0 bridgehead atoms. The molecule has 6 nitrogen and oxygen atoms in total. The second-order valence-electron chi connectivity index (χ2n) is 6.68. The Bertz CT molecular complexity index is 655. The number of ether oxygens (including phenoxy) is 3. The van der Waals surface area contributed by atoms with Gasteiger partial charge in [0.25, 0.3) is 0 Å². The number of benzene rings is 1. The van der Waals surface area contributed by atoms with Gasteiger partial charge >= 0.3 is 0 Å². The maximum absolute atomic E-state index is 12.5. The monoisotopic (exact) mass is 344 g/mol. The van der Waals surface area contributed by atoms with Gasteiger partial charge in [-0.05, 0) is 36.6 Å². The fraction of sp³-hybridized carbons (Fsp3) is 0.526. The van der Waals surface area contributed by atoms with E-state index in [1.807, 2.05) is 29.2 Å². The maximum atomic E-state index is 12.5. The molecule has 0 N–H and O–H groups in total. The van der Waals surface area contributed by atoms with Crippen molar-refractivity contribution in [1.82, 2.24) is 9.80 Å². The summed E-state index contributed by atoms with van der Waals surface area (Å²) in [5.41, 5.74) is 0.942. The lowest BCUT2D eigenvalue weighted by Crippen LogP contribution is -2.39. The third-order valence-corrected chi connectivity index (χ3v) is 5.08. The van der Waals surface area contributed by atoms with Crippen molar-refractivity contribution in [1.29, 1.82) is 0 Å². The van der Waals surface area contributed by atoms with Crippen LogP contribution in [0.4, 0.5) is 0 Å². The topological polar surface area (TPSA) is 51.2 Å². The number of fused-ring (bicyclic) bond motifs is 1. The van der Waals surface area contributed by atoms with E-state index in [1.165, 1.54) is 0 Å². The van der Waals surface area contributed by atoms with E-state index in [4.69, 9.17) is 14.2 Å². The Kier molecular flexibility index (Phi) is 4.90. The molecule has 0 saturated carbocycles. The molecule has 3 aliphatic heterocycles. The van der Waals surface area contributed by atoms with Crippen LogP contribution in [0.3, 0.4) is 0 Å². The van der Waals surface area contributed by atoms with Gasteiger partial charge in [-0.15, -0.1) is 0 Å². The highest BCUT2D eigenvalue weighted by molar-refractivity contribution is 5.91. The van der Waals surface area contributed by atoms with E-state index in [2.05, 4.69) is 4.90 Å². The Morgan fingerprint density at radius 2 is 2.04 bits per heavy atom. The molecule has 3 aliphatic rings. The normalized spacial score (nSPS) is 24.0. The summed E-state index contributed by atoms with van der Waals surface area (Å²) in [5, 5.41) is 0. The van der Waals surface area contributed by atoms with Gasteiger partial charge in [-0.2, -0.15) is 0 Å². The first-order valence-electron chi connectivity index (χ1n) is 8.98. The van der Waals surface area contributed by atoms with Crippen molar-refractivity contribution in [3.05, 3.63) is 29.8 Å². The van der Waals surface area contributed by atoms with Crippen LogP contribution in [-0.4, -0.2) is 67.9 Å². The lowest BCUT2D eigenvalue weighted by Gasteiger charge is -2.26. The van der Waals surface area contributed by atoms with E-state index < -0.39 is 0 Å². The summed E-state index contributed by atoms with van der Waals surface area (Å²) in [6.45, 7) is 5.52. The van der Waals surface area contributed by atoms with Gasteiger partial charge in [0.2, 0.25) is 12.7 Å². The van der Waals surface area contributed by atoms with Crippen molar-refractivity contribution in [2.45, 2.75) is 18.9 Å². The highest BCUT2D eigenvalue weighted by Gasteiger charge is 2.26. The van der Waals surface area contributed by atoms with E-state index in [0.717, 1.165) is 69.3 Å². The van der Waals surface area contributed by atoms with Crippen molar-refractivity contribution in [3.8, 4) is 11.5 Å². The van der Waals surface area contributed by atoms with Gasteiger partial charge in [-0.1, -0.05) is 6.07 Å². The van der Waals surface area contributed by atoms with Gasteiger partial charge in [0.1, 0.15) is 0 Å². The van der Waals surface area contributed by atoms with E-state index in [0.29, 0.717) is 6.04 Å². The lowest BCUT2D eigenvalue weighted by atomic mass is 10.2. The number of amides is 1. The highest BCUT2D eigenvalue weighted by Crippen LogP contribution is 2.32. The number of carbonyl (C=O) groups excluding carboxylic acids is 1. The highest BCUT2D eigenvalue weighted by atomic mass is 16.7. The first-order valence-corrected chi connectivity index (χ1v) is 8.98. The Labute approximate surface area is 147 Å². The maximum Gasteiger partial charge on any atom is 0.246 e. The molecule has 0 radical (unpaired) electrons. The van der Waals surface area contributed by atoms with Crippen molar-refractivity contribution in [3.63, 3.8) is 0 Å². The zero-order valence-electron chi connectivity index (χ0n) is 14.4. The van der Waals surface area contributed by atoms with E-state index >= 15 is 0 Å². The zero-order chi connectivity index (χ0) is 17.1. The van der Waals surface area contributed by atoms with Crippen molar-refractivity contribution < 1.29 is 19.0 Å². The third-order valence-electron chi connectivity index (χ3n) is 5.08. The van der Waals surface area contributed by atoms with Crippen LogP contribution in [-0.2, 0) is 9.53 Å². The number of rotatable bonds is 3. The van der Waals surface area contributed by atoms with Gasteiger partial charge in [0.05, 0.1) is 6.61 Å². The summed E-state index contributed by atoms with van der Waals surface area (Å²) in [7, 11) is 0. The predicted octanol–water partition coefficient (Wildman–Crippen LogP) is 1.75. The summed E-state index contributed by atoms with van der Waals surface area (Å²) in [6, 6.07) is 6.23. The van der Waals surface area contributed by atoms with Crippen molar-refractivity contribution >= 4 is 12.0 Å². The molecule has 6 heteroatoms. The molecule has 1 unspecified atom stereocenters. The summed E-state index contributed by atoms with van der Waals surface area (Å²) in [6.07, 6.45) is 5.63. The van der Waals surface area contributed by atoms with Crippen LogP contribution < -0.4 is 9.47 Å². The molecule has 1 atom stereocenters. The van der Waals surface area contributed by atoms with Crippen LogP contribution in [0.5, 0.6) is 11.5 Å². The molecule has 4 rings (SSSR count). The molecule has 1 aromatic rings. The minimum atomic E-state index is 0.0715. The van der Waals surface area contributed by atoms with Crippen LogP contribution in [0.1, 0.15) is 18.4 Å². The van der Waals surface area contributed by atoms with E-state index in [9.17, 15) is 4.79 Å². The molecule has 2 saturated heterocycles. The number of nitrogens with zero attached hydrogens (tertiary/aromatic N) is 2. The van der Waals surface area contributed by atoms with Gasteiger partial charge in [0.15, 0.2) is 11.5 Å². The second kappa shape index (κ2) is 7.45. The smallest absolute Gasteiger partial charge is 0.246 e. The van der Waals surface area contributed by atoms with Crippen molar-refractivity contribution in [2.24, 2.45) is 0 Å². The summed E-state index contributed by atoms with van der Waals surface area (Å²) >= 11 is 0. The van der Waals surface area contributed by atoms with Crippen LogP contribution in [0.25, 0.3) is 6.08 Å². The standard InChI is InChI=1S/C19H24N2O4/c22-19(5-3-15-2-4-17-18(12-15)25-14-24-17)21-8-1-7-20(9-10-21)16-6-11-23-13-16/h2-5,12,16H,1,6-11,13-14H2. The van der Waals surface area contributed by atoms with Crippen LogP contribution in [0.2, 0.25) is 0 Å². The molecular weight excluding hydrogens is 320 g/mol. The molecule has 0 aliphatic carbocycles. The first kappa shape index (κ1) is 16.4. The zero-order valence-corrected chi connectivity index (χ0v) is 14.4. The van der Waals surface area contributed by atoms with Crippen molar-refractivity contribution in [2.75, 3.05) is 46.2 Å². The summed E-state index contributed by atoms with van der Waals surface area (Å²) in [5.74, 6) is 1.56. The summed E-state index contributed by atoms with van der Waals surface area (Å²) < 4.78 is 16.2.